The highest BCUT2D eigenvalue weighted by Crippen LogP contribution is 2.39. The minimum atomic E-state index is -3.03. The number of alkyl halides is 2. The average Bonchev–Trinajstić information content (AvgIpc) is 3.55. The summed E-state index contributed by atoms with van der Waals surface area (Å²) in [5, 5.41) is 22.6. The van der Waals surface area contributed by atoms with Gasteiger partial charge in [0.2, 0.25) is 5.89 Å². The highest BCUT2D eigenvalue weighted by Gasteiger charge is 2.50. The van der Waals surface area contributed by atoms with Crippen molar-refractivity contribution in [3.63, 3.8) is 0 Å². The molecule has 0 amide bonds. The molecule has 2 aromatic rings. The third-order valence-electron chi connectivity index (χ3n) is 6.57. The third-order valence-corrected chi connectivity index (χ3v) is 6.57. The highest BCUT2D eigenvalue weighted by molar-refractivity contribution is 5.84. The predicted molar refractivity (Wildman–Crippen MR) is 126 cm³/mol. The molecule has 1 saturated carbocycles. The summed E-state index contributed by atoms with van der Waals surface area (Å²) in [6.45, 7) is 0.402. The molecule has 2 heterocycles. The number of benzene rings is 1. The molecule has 1 aromatic carbocycles. The Kier molecular flexibility index (Phi) is 7.13. The molecule has 4 rings (SSSR count). The zero-order valence-electron chi connectivity index (χ0n) is 20.4. The number of ether oxygens (including phenoxy) is 2. The normalized spacial score (nSPS) is 23.9. The molecule has 37 heavy (non-hydrogen) atoms. The van der Waals surface area contributed by atoms with E-state index in [0.29, 0.717) is 18.1 Å². The number of rotatable bonds is 11. The van der Waals surface area contributed by atoms with Crippen LogP contribution in [0.4, 0.5) is 8.78 Å². The molecule has 3 atom stereocenters. The van der Waals surface area contributed by atoms with Gasteiger partial charge in [0.15, 0.2) is 11.5 Å². The molecule has 0 spiro atoms. The van der Waals surface area contributed by atoms with E-state index in [-0.39, 0.29) is 41.7 Å². The standard InChI is InChI=1S/C25H29F2N3O7/c1-13(28)19-16(10-25(22(33)34)12-24(2,21(31)32)7-8-29-25)30-20(37-19)15-5-6-17(36-23(26)27)18(9-15)35-11-14-3-4-14/h5-9,13-14,23,29H,3-4,10-12,28H2,1-2H3,(H,31,32)(H,33,34)/t13?,24?,25-/m1/s1. The second kappa shape index (κ2) is 10.0. The molecule has 10 nitrogen and oxygen atoms in total. The van der Waals surface area contributed by atoms with Crippen molar-refractivity contribution in [2.24, 2.45) is 17.1 Å². The molecule has 200 valence electrons. The van der Waals surface area contributed by atoms with Gasteiger partial charge in [-0.05, 0) is 57.0 Å². The highest BCUT2D eigenvalue weighted by atomic mass is 19.3. The van der Waals surface area contributed by atoms with E-state index < -0.39 is 35.5 Å². The van der Waals surface area contributed by atoms with Crippen LogP contribution in [-0.2, 0) is 16.0 Å². The first-order valence-corrected chi connectivity index (χ1v) is 11.8. The van der Waals surface area contributed by atoms with Gasteiger partial charge in [0.1, 0.15) is 11.3 Å². The lowest BCUT2D eigenvalue weighted by molar-refractivity contribution is -0.151. The number of carboxylic acid groups (broad SMARTS) is 2. The molecule has 12 heteroatoms. The van der Waals surface area contributed by atoms with E-state index in [1.165, 1.54) is 37.4 Å². The van der Waals surface area contributed by atoms with Crippen molar-refractivity contribution in [1.82, 2.24) is 10.3 Å². The third kappa shape index (κ3) is 5.68. The monoisotopic (exact) mass is 521 g/mol. The zero-order valence-corrected chi connectivity index (χ0v) is 20.4. The van der Waals surface area contributed by atoms with Gasteiger partial charge in [-0.3, -0.25) is 4.79 Å². The van der Waals surface area contributed by atoms with Gasteiger partial charge in [0, 0.05) is 18.4 Å². The average molecular weight is 522 g/mol. The Balaban J connectivity index is 1.69. The minimum Gasteiger partial charge on any atom is -0.489 e. The van der Waals surface area contributed by atoms with Gasteiger partial charge in [-0.15, -0.1) is 0 Å². The number of oxazole rings is 1. The Morgan fingerprint density at radius 3 is 2.59 bits per heavy atom. The molecular formula is C25H29F2N3O7. The molecule has 5 N–H and O–H groups in total. The fourth-order valence-electron chi connectivity index (χ4n) is 4.29. The summed E-state index contributed by atoms with van der Waals surface area (Å²) in [4.78, 5) is 28.7. The van der Waals surface area contributed by atoms with E-state index in [1.807, 2.05) is 0 Å². The van der Waals surface area contributed by atoms with Crippen LogP contribution < -0.4 is 20.5 Å². The maximum atomic E-state index is 12.9. The van der Waals surface area contributed by atoms with Gasteiger partial charge >= 0.3 is 18.6 Å². The summed E-state index contributed by atoms with van der Waals surface area (Å²) >= 11 is 0. The number of nitrogens with one attached hydrogen (secondary N) is 1. The number of aromatic nitrogens is 1. The summed E-state index contributed by atoms with van der Waals surface area (Å²) in [5.74, 6) is -1.78. The number of carboxylic acids is 2. The van der Waals surface area contributed by atoms with Crippen LogP contribution in [0.1, 0.15) is 50.6 Å². The SMILES string of the molecule is CC(N)c1oc(-c2ccc(OC(F)F)c(OCC3CC3)c2)nc1C[C@]1(C(=O)O)CC(C)(C(=O)O)C=CN1. The van der Waals surface area contributed by atoms with Crippen molar-refractivity contribution in [2.45, 2.75) is 57.7 Å². The van der Waals surface area contributed by atoms with Crippen molar-refractivity contribution in [3.05, 3.63) is 41.9 Å². The number of hydrogen-bond donors (Lipinski definition) is 4. The second-order valence-corrected chi connectivity index (χ2v) is 9.85. The summed E-state index contributed by atoms with van der Waals surface area (Å²) < 4.78 is 42.0. The first kappa shape index (κ1) is 26.4. The van der Waals surface area contributed by atoms with Gasteiger partial charge in [-0.2, -0.15) is 8.78 Å². The summed E-state index contributed by atoms with van der Waals surface area (Å²) in [6.07, 6.45) is 4.27. The lowest BCUT2D eigenvalue weighted by atomic mass is 9.72. The summed E-state index contributed by atoms with van der Waals surface area (Å²) in [5.41, 5.74) is 3.60. The van der Waals surface area contributed by atoms with E-state index >= 15 is 0 Å². The maximum absolute atomic E-state index is 12.9. The number of nitrogens with zero attached hydrogens (tertiary/aromatic N) is 1. The van der Waals surface area contributed by atoms with E-state index in [4.69, 9.17) is 14.9 Å². The quantitative estimate of drug-likeness (QED) is 0.344. The van der Waals surface area contributed by atoms with Gasteiger partial charge < -0.3 is 35.2 Å². The van der Waals surface area contributed by atoms with E-state index in [9.17, 15) is 28.6 Å². The fraction of sp³-hybridized carbons (Fsp3) is 0.480. The molecule has 1 aliphatic carbocycles. The Labute approximate surface area is 211 Å². The predicted octanol–water partition coefficient (Wildman–Crippen LogP) is 3.72. The molecule has 2 aliphatic rings. The maximum Gasteiger partial charge on any atom is 0.387 e. The Morgan fingerprint density at radius 1 is 1.27 bits per heavy atom. The lowest BCUT2D eigenvalue weighted by Gasteiger charge is -2.39. The van der Waals surface area contributed by atoms with Crippen molar-refractivity contribution in [2.75, 3.05) is 6.61 Å². The van der Waals surface area contributed by atoms with Crippen molar-refractivity contribution >= 4 is 11.9 Å². The van der Waals surface area contributed by atoms with Crippen molar-refractivity contribution in [3.8, 4) is 23.0 Å². The largest absolute Gasteiger partial charge is 0.489 e. The van der Waals surface area contributed by atoms with Gasteiger partial charge in [0.25, 0.3) is 0 Å². The van der Waals surface area contributed by atoms with Crippen LogP contribution in [0.5, 0.6) is 11.5 Å². The number of carbonyl (C=O) groups is 2. The minimum absolute atomic E-state index is 0.0788. The van der Waals surface area contributed by atoms with Crippen LogP contribution in [-0.4, -0.2) is 45.9 Å². The van der Waals surface area contributed by atoms with Crippen LogP contribution in [0, 0.1) is 11.3 Å². The topological polar surface area (TPSA) is 157 Å². The van der Waals surface area contributed by atoms with Crippen LogP contribution in [0.25, 0.3) is 11.5 Å². The second-order valence-electron chi connectivity index (χ2n) is 9.85. The molecule has 0 bridgehead atoms. The molecule has 1 fully saturated rings. The van der Waals surface area contributed by atoms with E-state index in [1.54, 1.807) is 6.92 Å². The summed E-state index contributed by atoms with van der Waals surface area (Å²) in [7, 11) is 0. The molecular weight excluding hydrogens is 492 g/mol. The van der Waals surface area contributed by atoms with Gasteiger partial charge in [-0.1, -0.05) is 6.08 Å². The Hall–Kier alpha value is -3.67. The smallest absolute Gasteiger partial charge is 0.387 e. The van der Waals surface area contributed by atoms with Crippen LogP contribution in [0.3, 0.4) is 0 Å². The molecule has 2 unspecified atom stereocenters. The van der Waals surface area contributed by atoms with Crippen molar-refractivity contribution < 1.29 is 42.5 Å². The molecule has 0 radical (unpaired) electrons. The number of aliphatic carboxylic acids is 2. The van der Waals surface area contributed by atoms with Crippen LogP contribution in [0.15, 0.2) is 34.9 Å². The number of hydrogen-bond acceptors (Lipinski definition) is 8. The fourth-order valence-corrected chi connectivity index (χ4v) is 4.29. The molecule has 0 saturated heterocycles. The first-order chi connectivity index (χ1) is 17.4. The Bertz CT molecular complexity index is 1210. The molecule has 1 aromatic heterocycles. The first-order valence-electron chi connectivity index (χ1n) is 11.8. The Morgan fingerprint density at radius 2 is 2.00 bits per heavy atom. The summed E-state index contributed by atoms with van der Waals surface area (Å²) in [6, 6.07) is 3.60. The van der Waals surface area contributed by atoms with E-state index in [0.717, 1.165) is 12.8 Å². The van der Waals surface area contributed by atoms with Gasteiger partial charge in [0.05, 0.1) is 23.8 Å². The van der Waals surface area contributed by atoms with Crippen LogP contribution >= 0.6 is 0 Å². The van der Waals surface area contributed by atoms with Crippen molar-refractivity contribution in [1.29, 1.82) is 0 Å². The van der Waals surface area contributed by atoms with Gasteiger partial charge in [-0.25, -0.2) is 9.78 Å². The molecule has 1 aliphatic heterocycles. The zero-order chi connectivity index (χ0) is 27.0. The van der Waals surface area contributed by atoms with Crippen LogP contribution in [0.2, 0.25) is 0 Å². The lowest BCUT2D eigenvalue weighted by Crippen LogP contribution is -2.57. The van der Waals surface area contributed by atoms with E-state index in [2.05, 4.69) is 15.0 Å². The number of nitrogens with two attached hydrogens (primary N) is 1. The number of halogens is 2.